The van der Waals surface area contributed by atoms with Crippen molar-refractivity contribution in [3.05, 3.63) is 24.3 Å². The fourth-order valence-electron chi connectivity index (χ4n) is 0.901. The van der Waals surface area contributed by atoms with Crippen molar-refractivity contribution < 1.29 is 37.7 Å². The van der Waals surface area contributed by atoms with Crippen LogP contribution in [0.2, 0.25) is 0 Å². The molecule has 0 spiro atoms. The SMILES string of the molecule is COc1ccc(OC(=O)C(F)(F)SOO[O-])cc1. The summed E-state index contributed by atoms with van der Waals surface area (Å²) in [5, 5.41) is 8.04. The lowest BCUT2D eigenvalue weighted by Crippen LogP contribution is -2.30. The highest BCUT2D eigenvalue weighted by atomic mass is 32.2. The maximum atomic E-state index is 13.0. The minimum absolute atomic E-state index is 0.107. The van der Waals surface area contributed by atoms with Gasteiger partial charge in [-0.15, -0.1) is 0 Å². The van der Waals surface area contributed by atoms with E-state index in [0.29, 0.717) is 5.75 Å². The number of halogens is 2. The summed E-state index contributed by atoms with van der Waals surface area (Å²) in [5.74, 6) is -1.53. The lowest BCUT2D eigenvalue weighted by atomic mass is 10.3. The quantitative estimate of drug-likeness (QED) is 0.254. The first-order chi connectivity index (χ1) is 8.49. The van der Waals surface area contributed by atoms with Crippen LogP contribution in [-0.2, 0) is 14.2 Å². The Balaban J connectivity index is 2.62. The number of methoxy groups -OCH3 is 1. The molecule has 0 saturated heterocycles. The molecule has 0 aliphatic heterocycles. The Labute approximate surface area is 104 Å². The Bertz CT molecular complexity index is 397. The second-order valence-electron chi connectivity index (χ2n) is 2.80. The van der Waals surface area contributed by atoms with Crippen LogP contribution in [0, 0.1) is 0 Å². The Morgan fingerprint density at radius 2 is 1.83 bits per heavy atom. The lowest BCUT2D eigenvalue weighted by Gasteiger charge is -2.13. The van der Waals surface area contributed by atoms with Gasteiger partial charge >= 0.3 is 11.2 Å². The zero-order chi connectivity index (χ0) is 13.6. The summed E-state index contributed by atoms with van der Waals surface area (Å²) < 4.78 is 38.5. The number of alkyl halides is 2. The van der Waals surface area contributed by atoms with E-state index in [9.17, 15) is 18.8 Å². The number of carbonyl (C=O) groups is 1. The molecule has 1 aromatic carbocycles. The Hall–Kier alpha value is -1.42. The molecule has 0 N–H and O–H groups in total. The van der Waals surface area contributed by atoms with Crippen LogP contribution in [0.1, 0.15) is 0 Å². The number of ether oxygens (including phenoxy) is 2. The third-order valence-corrected chi connectivity index (χ3v) is 2.17. The summed E-state index contributed by atoms with van der Waals surface area (Å²) in [6.45, 7) is 0. The fourth-order valence-corrected chi connectivity index (χ4v) is 1.12. The van der Waals surface area contributed by atoms with E-state index < -0.39 is 23.3 Å². The molecule has 0 aliphatic carbocycles. The highest BCUT2D eigenvalue weighted by Crippen LogP contribution is 2.31. The summed E-state index contributed by atoms with van der Waals surface area (Å²) in [5.41, 5.74) is 0. The largest absolute Gasteiger partial charge is 0.691 e. The number of benzene rings is 1. The molecule has 9 heteroatoms. The minimum Gasteiger partial charge on any atom is -0.691 e. The lowest BCUT2D eigenvalue weighted by molar-refractivity contribution is -0.777. The number of hydrogen-bond donors (Lipinski definition) is 0. The van der Waals surface area contributed by atoms with Crippen LogP contribution < -0.4 is 14.7 Å². The average Bonchev–Trinajstić information content (AvgIpc) is 2.37. The predicted molar refractivity (Wildman–Crippen MR) is 53.3 cm³/mol. The molecule has 18 heavy (non-hydrogen) atoms. The number of rotatable bonds is 6. The van der Waals surface area contributed by atoms with E-state index in [1.54, 1.807) is 0 Å². The van der Waals surface area contributed by atoms with E-state index in [-0.39, 0.29) is 5.75 Å². The van der Waals surface area contributed by atoms with Crippen LogP contribution in [0.4, 0.5) is 8.78 Å². The standard InChI is InChI=1S/C9H8F2O6S/c1-14-6-2-4-7(5-3-6)15-8(12)9(10,11)18-17-16-13/h2-5,13H,1H3/p-1. The maximum absolute atomic E-state index is 13.0. The fraction of sp³-hybridized carbons (Fsp3) is 0.222. The molecule has 0 amide bonds. The summed E-state index contributed by atoms with van der Waals surface area (Å²) in [7, 11) is 1.42. The van der Waals surface area contributed by atoms with Gasteiger partial charge in [-0.1, -0.05) is 0 Å². The van der Waals surface area contributed by atoms with Crippen LogP contribution in [-0.4, -0.2) is 18.3 Å². The van der Waals surface area contributed by atoms with E-state index in [2.05, 4.69) is 14.1 Å². The molecular formula is C9H7F2O6S-. The first-order valence-corrected chi connectivity index (χ1v) is 5.12. The monoisotopic (exact) mass is 281 g/mol. The molecule has 6 nitrogen and oxygen atoms in total. The number of carbonyl (C=O) groups excluding carboxylic acids is 1. The summed E-state index contributed by atoms with van der Waals surface area (Å²) in [4.78, 5) is 11.0. The van der Waals surface area contributed by atoms with Gasteiger partial charge in [0.05, 0.1) is 7.11 Å². The van der Waals surface area contributed by atoms with Crippen molar-refractivity contribution in [2.24, 2.45) is 0 Å². The molecule has 0 aromatic heterocycles. The van der Waals surface area contributed by atoms with E-state index >= 15 is 0 Å². The van der Waals surface area contributed by atoms with Gasteiger partial charge in [-0.05, 0) is 24.3 Å². The summed E-state index contributed by atoms with van der Waals surface area (Å²) in [6, 6.07) is 5.38. The topological polar surface area (TPSA) is 77.1 Å². The second-order valence-corrected chi connectivity index (χ2v) is 3.62. The molecule has 0 atom stereocenters. The molecule has 0 radical (unpaired) electrons. The first-order valence-electron chi connectivity index (χ1n) is 4.38. The van der Waals surface area contributed by atoms with Crippen molar-refractivity contribution >= 4 is 18.0 Å². The summed E-state index contributed by atoms with van der Waals surface area (Å²) >= 11 is -0.754. The van der Waals surface area contributed by atoms with Crippen molar-refractivity contribution in [2.45, 2.75) is 5.25 Å². The molecule has 0 aliphatic rings. The zero-order valence-electron chi connectivity index (χ0n) is 8.92. The van der Waals surface area contributed by atoms with Gasteiger partial charge in [0.25, 0.3) is 0 Å². The van der Waals surface area contributed by atoms with Gasteiger partial charge in [0, 0.05) is 0 Å². The maximum Gasteiger partial charge on any atom is 0.416 e. The highest BCUT2D eigenvalue weighted by molar-refractivity contribution is 7.96. The van der Waals surface area contributed by atoms with Crippen LogP contribution >= 0.6 is 12.0 Å². The van der Waals surface area contributed by atoms with Gasteiger partial charge in [-0.3, -0.25) is 5.04 Å². The minimum atomic E-state index is -4.07. The predicted octanol–water partition coefficient (Wildman–Crippen LogP) is 1.07. The molecule has 0 unspecified atom stereocenters. The average molecular weight is 281 g/mol. The zero-order valence-corrected chi connectivity index (χ0v) is 9.74. The molecule has 1 aromatic rings. The van der Waals surface area contributed by atoms with Crippen molar-refractivity contribution in [1.82, 2.24) is 0 Å². The third-order valence-electron chi connectivity index (χ3n) is 1.67. The van der Waals surface area contributed by atoms with E-state index in [1.165, 1.54) is 31.4 Å². The number of hydrogen-bond acceptors (Lipinski definition) is 7. The molecule has 1 rings (SSSR count). The Morgan fingerprint density at radius 3 is 2.33 bits per heavy atom. The van der Waals surface area contributed by atoms with Gasteiger partial charge in [0.2, 0.25) is 0 Å². The van der Waals surface area contributed by atoms with Crippen LogP contribution in [0.5, 0.6) is 11.5 Å². The molecule has 0 saturated carbocycles. The van der Waals surface area contributed by atoms with Crippen molar-refractivity contribution in [1.29, 1.82) is 0 Å². The van der Waals surface area contributed by atoms with Gasteiger partial charge in [-0.2, -0.15) is 13.1 Å². The summed E-state index contributed by atoms with van der Waals surface area (Å²) in [6.07, 6.45) is 0. The van der Waals surface area contributed by atoms with Gasteiger partial charge in [0.15, 0.2) is 0 Å². The highest BCUT2D eigenvalue weighted by Gasteiger charge is 2.44. The molecule has 0 heterocycles. The second kappa shape index (κ2) is 6.50. The molecule has 0 bridgehead atoms. The molecular weight excluding hydrogens is 274 g/mol. The smallest absolute Gasteiger partial charge is 0.416 e. The van der Waals surface area contributed by atoms with Crippen LogP contribution in [0.25, 0.3) is 0 Å². The number of esters is 1. The van der Waals surface area contributed by atoms with Gasteiger partial charge < -0.3 is 14.7 Å². The Morgan fingerprint density at radius 1 is 1.28 bits per heavy atom. The van der Waals surface area contributed by atoms with E-state index in [1.807, 2.05) is 0 Å². The van der Waals surface area contributed by atoms with Gasteiger partial charge in [0.1, 0.15) is 23.5 Å². The van der Waals surface area contributed by atoms with Crippen molar-refractivity contribution in [3.8, 4) is 11.5 Å². The van der Waals surface area contributed by atoms with E-state index in [4.69, 9.17) is 4.74 Å². The van der Waals surface area contributed by atoms with Crippen molar-refractivity contribution in [3.63, 3.8) is 0 Å². The molecule has 100 valence electrons. The van der Waals surface area contributed by atoms with Crippen LogP contribution in [0.3, 0.4) is 0 Å². The Kier molecular flexibility index (Phi) is 5.28. The van der Waals surface area contributed by atoms with Crippen LogP contribution in [0.15, 0.2) is 24.3 Å². The van der Waals surface area contributed by atoms with E-state index in [0.717, 1.165) is 0 Å². The molecule has 0 fully saturated rings. The normalized spacial score (nSPS) is 11.1. The van der Waals surface area contributed by atoms with Crippen molar-refractivity contribution in [2.75, 3.05) is 7.11 Å². The van der Waals surface area contributed by atoms with Gasteiger partial charge in [-0.25, -0.2) is 4.79 Å². The third kappa shape index (κ3) is 4.11. The first kappa shape index (κ1) is 14.6.